The number of nitriles is 1. The fourth-order valence-electron chi connectivity index (χ4n) is 2.69. The van der Waals surface area contributed by atoms with Gasteiger partial charge in [-0.3, -0.25) is 0 Å². The summed E-state index contributed by atoms with van der Waals surface area (Å²) in [4.78, 5) is 1.36. The molecule has 1 aromatic rings. The number of nitrogens with zero attached hydrogens (tertiary/aromatic N) is 1. The maximum absolute atomic E-state index is 9.11. The number of hydrogen-bond acceptors (Lipinski definition) is 3. The van der Waals surface area contributed by atoms with Crippen LogP contribution in [0.3, 0.4) is 0 Å². The molecule has 0 aliphatic heterocycles. The Balaban J connectivity index is 2.30. The van der Waals surface area contributed by atoms with E-state index in [1.54, 1.807) is 11.3 Å². The van der Waals surface area contributed by atoms with Gasteiger partial charge in [-0.2, -0.15) is 5.26 Å². The first-order chi connectivity index (χ1) is 7.99. The van der Waals surface area contributed by atoms with Crippen LogP contribution in [0.15, 0.2) is 0 Å². The summed E-state index contributed by atoms with van der Waals surface area (Å²) < 4.78 is 0. The number of nitrogen functional groups attached to an aromatic ring is 1. The van der Waals surface area contributed by atoms with Gasteiger partial charge >= 0.3 is 0 Å². The molecule has 2 N–H and O–H groups in total. The summed E-state index contributed by atoms with van der Waals surface area (Å²) in [5.41, 5.74) is 8.29. The van der Waals surface area contributed by atoms with E-state index in [-0.39, 0.29) is 0 Å². The molecular formula is C14H20N2S. The zero-order valence-electron chi connectivity index (χ0n) is 10.8. The average molecular weight is 248 g/mol. The largest absolute Gasteiger partial charge is 0.389 e. The van der Waals surface area contributed by atoms with Crippen LogP contribution in [0, 0.1) is 22.7 Å². The van der Waals surface area contributed by atoms with Gasteiger partial charge in [-0.15, -0.1) is 11.3 Å². The molecule has 2 nitrogen and oxygen atoms in total. The smallest absolute Gasteiger partial charge is 0.104 e. The van der Waals surface area contributed by atoms with Crippen LogP contribution in [0.5, 0.6) is 0 Å². The summed E-state index contributed by atoms with van der Waals surface area (Å²) in [6.45, 7) is 6.97. The van der Waals surface area contributed by atoms with Crippen molar-refractivity contribution in [2.75, 3.05) is 5.73 Å². The molecule has 1 atom stereocenters. The first-order valence-electron chi connectivity index (χ1n) is 6.29. The Hall–Kier alpha value is -1.01. The quantitative estimate of drug-likeness (QED) is 0.866. The molecule has 1 aliphatic carbocycles. The fourth-order valence-corrected chi connectivity index (χ4v) is 3.83. The molecule has 17 heavy (non-hydrogen) atoms. The monoisotopic (exact) mass is 248 g/mol. The SMILES string of the molecule is CCC(C)(C)[C@H]1CCc2c(sc(N)c2C#N)C1. The van der Waals surface area contributed by atoms with Gasteiger partial charge in [0.15, 0.2) is 0 Å². The lowest BCUT2D eigenvalue weighted by Crippen LogP contribution is -2.28. The highest BCUT2D eigenvalue weighted by Crippen LogP contribution is 2.44. The second kappa shape index (κ2) is 4.34. The zero-order chi connectivity index (χ0) is 12.6. The van der Waals surface area contributed by atoms with Gasteiger partial charge in [0, 0.05) is 4.88 Å². The van der Waals surface area contributed by atoms with E-state index in [0.717, 1.165) is 24.3 Å². The van der Waals surface area contributed by atoms with Gasteiger partial charge < -0.3 is 5.73 Å². The molecule has 0 radical (unpaired) electrons. The number of hydrogen-bond donors (Lipinski definition) is 1. The molecule has 0 amide bonds. The summed E-state index contributed by atoms with van der Waals surface area (Å²) in [5, 5.41) is 9.83. The van der Waals surface area contributed by atoms with Crippen LogP contribution < -0.4 is 5.73 Å². The molecule has 0 spiro atoms. The van der Waals surface area contributed by atoms with Crippen molar-refractivity contribution in [1.29, 1.82) is 5.26 Å². The van der Waals surface area contributed by atoms with E-state index in [1.165, 1.54) is 23.3 Å². The number of anilines is 1. The predicted molar refractivity (Wildman–Crippen MR) is 73.0 cm³/mol. The van der Waals surface area contributed by atoms with E-state index in [9.17, 15) is 0 Å². The molecule has 92 valence electrons. The molecule has 1 heterocycles. The van der Waals surface area contributed by atoms with E-state index >= 15 is 0 Å². The molecule has 0 fully saturated rings. The maximum atomic E-state index is 9.11. The topological polar surface area (TPSA) is 49.8 Å². The second-order valence-corrected chi connectivity index (χ2v) is 6.77. The highest BCUT2D eigenvalue weighted by Gasteiger charge is 2.33. The Kier molecular flexibility index (Phi) is 3.18. The molecule has 0 unspecified atom stereocenters. The van der Waals surface area contributed by atoms with Crippen LogP contribution in [0.25, 0.3) is 0 Å². The number of rotatable bonds is 2. The van der Waals surface area contributed by atoms with Crippen molar-refractivity contribution in [3.63, 3.8) is 0 Å². The summed E-state index contributed by atoms with van der Waals surface area (Å²) in [5.74, 6) is 0.726. The van der Waals surface area contributed by atoms with Crippen molar-refractivity contribution in [1.82, 2.24) is 0 Å². The number of fused-ring (bicyclic) bond motifs is 1. The minimum Gasteiger partial charge on any atom is -0.389 e. The Morgan fingerprint density at radius 1 is 1.53 bits per heavy atom. The lowest BCUT2D eigenvalue weighted by atomic mass is 9.69. The maximum Gasteiger partial charge on any atom is 0.104 e. The van der Waals surface area contributed by atoms with Crippen molar-refractivity contribution in [3.8, 4) is 6.07 Å². The number of nitrogens with two attached hydrogens (primary N) is 1. The predicted octanol–water partition coefficient (Wildman–Crippen LogP) is 3.74. The molecule has 0 aromatic carbocycles. The zero-order valence-corrected chi connectivity index (χ0v) is 11.7. The first-order valence-corrected chi connectivity index (χ1v) is 7.11. The summed E-state index contributed by atoms with van der Waals surface area (Å²) >= 11 is 1.63. The van der Waals surface area contributed by atoms with E-state index in [0.29, 0.717) is 10.4 Å². The molecular weight excluding hydrogens is 228 g/mol. The summed E-state index contributed by atoms with van der Waals surface area (Å²) in [7, 11) is 0. The van der Waals surface area contributed by atoms with Gasteiger partial charge in [-0.1, -0.05) is 27.2 Å². The normalized spacial score (nSPS) is 19.8. The minimum absolute atomic E-state index is 0.392. The van der Waals surface area contributed by atoms with Crippen LogP contribution in [0.2, 0.25) is 0 Å². The van der Waals surface area contributed by atoms with Gasteiger partial charge in [0.25, 0.3) is 0 Å². The summed E-state index contributed by atoms with van der Waals surface area (Å²) in [6, 6.07) is 2.26. The minimum atomic E-state index is 0.392. The van der Waals surface area contributed by atoms with Crippen molar-refractivity contribution >= 4 is 16.3 Å². The Morgan fingerprint density at radius 3 is 2.82 bits per heavy atom. The van der Waals surface area contributed by atoms with E-state index < -0.39 is 0 Å². The van der Waals surface area contributed by atoms with Crippen molar-refractivity contribution < 1.29 is 0 Å². The van der Waals surface area contributed by atoms with Crippen LogP contribution in [0.4, 0.5) is 5.00 Å². The molecule has 3 heteroatoms. The third-order valence-electron chi connectivity index (χ3n) is 4.42. The molecule has 0 saturated heterocycles. The fraction of sp³-hybridized carbons (Fsp3) is 0.643. The Morgan fingerprint density at radius 2 is 2.24 bits per heavy atom. The average Bonchev–Trinajstić information content (AvgIpc) is 2.63. The number of thiophene rings is 1. The van der Waals surface area contributed by atoms with E-state index in [1.807, 2.05) is 0 Å². The van der Waals surface area contributed by atoms with Crippen LogP contribution in [-0.4, -0.2) is 0 Å². The summed E-state index contributed by atoms with van der Waals surface area (Å²) in [6.07, 6.45) is 4.53. The van der Waals surface area contributed by atoms with Crippen molar-refractivity contribution in [3.05, 3.63) is 16.0 Å². The third kappa shape index (κ3) is 2.07. The molecule has 2 rings (SSSR count). The highest BCUT2D eigenvalue weighted by molar-refractivity contribution is 7.16. The van der Waals surface area contributed by atoms with Crippen LogP contribution >= 0.6 is 11.3 Å². The second-order valence-electron chi connectivity index (χ2n) is 5.64. The van der Waals surface area contributed by atoms with E-state index in [2.05, 4.69) is 26.8 Å². The first kappa shape index (κ1) is 12.4. The van der Waals surface area contributed by atoms with Crippen molar-refractivity contribution in [2.45, 2.75) is 46.5 Å². The van der Waals surface area contributed by atoms with Crippen LogP contribution in [-0.2, 0) is 12.8 Å². The molecule has 1 aromatic heterocycles. The Bertz CT molecular complexity index is 465. The lowest BCUT2D eigenvalue weighted by molar-refractivity contribution is 0.184. The van der Waals surface area contributed by atoms with Gasteiger partial charge in [-0.25, -0.2) is 0 Å². The molecule has 1 aliphatic rings. The molecule has 0 saturated carbocycles. The third-order valence-corrected chi connectivity index (χ3v) is 5.50. The Labute approximate surface area is 107 Å². The van der Waals surface area contributed by atoms with Crippen molar-refractivity contribution in [2.24, 2.45) is 11.3 Å². The van der Waals surface area contributed by atoms with Gasteiger partial charge in [0.05, 0.1) is 5.56 Å². The van der Waals surface area contributed by atoms with Crippen LogP contribution in [0.1, 0.15) is 49.6 Å². The standard InChI is InChI=1S/C14H20N2S/c1-4-14(2,3)9-5-6-10-11(8-15)13(16)17-12(10)7-9/h9H,4-7,16H2,1-3H3/t9-/m0/s1. The highest BCUT2D eigenvalue weighted by atomic mass is 32.1. The molecule has 0 bridgehead atoms. The van der Waals surface area contributed by atoms with Gasteiger partial charge in [-0.05, 0) is 36.2 Å². The van der Waals surface area contributed by atoms with E-state index in [4.69, 9.17) is 11.0 Å². The van der Waals surface area contributed by atoms with Gasteiger partial charge in [0.2, 0.25) is 0 Å². The van der Waals surface area contributed by atoms with Gasteiger partial charge in [0.1, 0.15) is 11.1 Å². The lowest BCUT2D eigenvalue weighted by Gasteiger charge is -2.36.